The summed E-state index contributed by atoms with van der Waals surface area (Å²) in [7, 11) is 1.20. The van der Waals surface area contributed by atoms with E-state index in [0.717, 1.165) is 11.8 Å². The number of aryl methyl sites for hydroxylation is 1. The number of anilines is 1. The Morgan fingerprint density at radius 2 is 1.82 bits per heavy atom. The summed E-state index contributed by atoms with van der Waals surface area (Å²) in [5.41, 5.74) is 3.00. The van der Waals surface area contributed by atoms with Crippen molar-refractivity contribution in [2.45, 2.75) is 13.1 Å². The van der Waals surface area contributed by atoms with Gasteiger partial charge < -0.3 is 14.1 Å². The summed E-state index contributed by atoms with van der Waals surface area (Å²) in [4.78, 5) is 24.4. The van der Waals surface area contributed by atoms with E-state index >= 15 is 0 Å². The number of ether oxygens (including phenoxy) is 1. The number of alkyl halides is 3. The minimum absolute atomic E-state index is 0.205. The lowest BCUT2D eigenvalue weighted by atomic mass is 10.0. The zero-order valence-corrected chi connectivity index (χ0v) is 18.1. The van der Waals surface area contributed by atoms with Crippen LogP contribution in [0, 0.1) is 6.92 Å². The summed E-state index contributed by atoms with van der Waals surface area (Å²) in [6, 6.07) is 14.5. The van der Waals surface area contributed by atoms with Gasteiger partial charge in [-0.25, -0.2) is 9.97 Å². The fourth-order valence-electron chi connectivity index (χ4n) is 3.79. The molecule has 1 amide bonds. The Balaban J connectivity index is 1.44. The number of nitrogens with zero attached hydrogens (tertiary/aromatic N) is 3. The number of halogens is 3. The van der Waals surface area contributed by atoms with Crippen LogP contribution in [0.5, 0.6) is 5.75 Å². The maximum Gasteiger partial charge on any atom is 0.419 e. The molecule has 0 radical (unpaired) electrons. The fraction of sp³-hybridized carbons (Fsp3) is 0.125. The molecular formula is C24H18F3N5O2. The van der Waals surface area contributed by atoms with Crippen LogP contribution in [0.1, 0.15) is 21.7 Å². The highest BCUT2D eigenvalue weighted by molar-refractivity contribution is 6.03. The van der Waals surface area contributed by atoms with Gasteiger partial charge in [-0.15, -0.1) is 0 Å². The average molecular weight is 465 g/mol. The number of carbonyl (C=O) groups excluding carboxylic acids is 1. The number of pyridine rings is 1. The van der Waals surface area contributed by atoms with Gasteiger partial charge in [-0.2, -0.15) is 13.2 Å². The SMILES string of the molecule is COc1ccc(-c2ccc3nc(NC(=O)c4cn5c(C)cccc5n4)[nH]c3c2)cc1C(F)(F)F. The summed E-state index contributed by atoms with van der Waals surface area (Å²) >= 11 is 0. The molecule has 3 aromatic heterocycles. The highest BCUT2D eigenvalue weighted by Crippen LogP contribution is 2.39. The number of nitrogens with one attached hydrogen (secondary N) is 2. The molecule has 7 nitrogen and oxygen atoms in total. The van der Waals surface area contributed by atoms with Crippen LogP contribution < -0.4 is 10.1 Å². The molecule has 3 heterocycles. The first-order chi connectivity index (χ1) is 16.2. The number of amides is 1. The molecule has 0 bridgehead atoms. The Kier molecular flexibility index (Phi) is 5.00. The van der Waals surface area contributed by atoms with E-state index in [-0.39, 0.29) is 17.4 Å². The normalized spacial score (nSPS) is 11.8. The van der Waals surface area contributed by atoms with Crippen molar-refractivity contribution >= 4 is 28.5 Å². The quantitative estimate of drug-likeness (QED) is 0.369. The molecule has 5 aromatic rings. The number of aromatic nitrogens is 4. The topological polar surface area (TPSA) is 84.3 Å². The van der Waals surface area contributed by atoms with Gasteiger partial charge >= 0.3 is 6.18 Å². The van der Waals surface area contributed by atoms with Crippen molar-refractivity contribution in [3.05, 3.63) is 77.7 Å². The molecule has 0 aliphatic heterocycles. The lowest BCUT2D eigenvalue weighted by Crippen LogP contribution is -2.13. The highest BCUT2D eigenvalue weighted by atomic mass is 19.4. The van der Waals surface area contributed by atoms with E-state index in [9.17, 15) is 18.0 Å². The molecule has 0 aliphatic rings. The first-order valence-corrected chi connectivity index (χ1v) is 10.2. The van der Waals surface area contributed by atoms with Crippen molar-refractivity contribution in [1.82, 2.24) is 19.4 Å². The van der Waals surface area contributed by atoms with Gasteiger partial charge in [-0.05, 0) is 54.4 Å². The molecule has 0 unspecified atom stereocenters. The van der Waals surface area contributed by atoms with Crippen LogP contribution >= 0.6 is 0 Å². The Hall–Kier alpha value is -4.34. The zero-order chi connectivity index (χ0) is 24.0. The monoisotopic (exact) mass is 465 g/mol. The zero-order valence-electron chi connectivity index (χ0n) is 18.1. The third-order valence-corrected chi connectivity index (χ3v) is 5.48. The number of benzene rings is 2. The lowest BCUT2D eigenvalue weighted by Gasteiger charge is -2.13. The van der Waals surface area contributed by atoms with E-state index in [0.29, 0.717) is 27.8 Å². The Morgan fingerprint density at radius 3 is 2.56 bits per heavy atom. The summed E-state index contributed by atoms with van der Waals surface area (Å²) in [6.07, 6.45) is -2.91. The molecule has 5 rings (SSSR count). The molecule has 34 heavy (non-hydrogen) atoms. The Labute approximate surface area is 191 Å². The van der Waals surface area contributed by atoms with Gasteiger partial charge in [0.1, 0.15) is 17.1 Å². The van der Waals surface area contributed by atoms with Crippen LogP contribution in [0.25, 0.3) is 27.8 Å². The largest absolute Gasteiger partial charge is 0.496 e. The number of carbonyl (C=O) groups is 1. The van der Waals surface area contributed by atoms with Crippen LogP contribution in [-0.2, 0) is 6.18 Å². The van der Waals surface area contributed by atoms with Crippen molar-refractivity contribution in [3.8, 4) is 16.9 Å². The minimum Gasteiger partial charge on any atom is -0.496 e. The molecular weight excluding hydrogens is 447 g/mol. The third kappa shape index (κ3) is 3.83. The van der Waals surface area contributed by atoms with Crippen molar-refractivity contribution in [2.24, 2.45) is 0 Å². The molecule has 0 atom stereocenters. The Bertz CT molecular complexity index is 1550. The Morgan fingerprint density at radius 1 is 1.06 bits per heavy atom. The number of rotatable bonds is 4. The third-order valence-electron chi connectivity index (χ3n) is 5.48. The number of imidazole rings is 2. The molecule has 0 spiro atoms. The second-order valence-corrected chi connectivity index (χ2v) is 7.71. The van der Waals surface area contributed by atoms with Crippen LogP contribution in [0.4, 0.5) is 19.1 Å². The standard InChI is InChI=1S/C24H18F3N5O2/c1-13-4-3-5-21-28-19(12-32(13)21)22(33)31-23-29-17-8-6-15(11-18(17)30-23)14-7-9-20(34-2)16(10-14)24(25,26)27/h3-12H,1-2H3,(H2,29,30,31,33). The number of fused-ring (bicyclic) bond motifs is 2. The van der Waals surface area contributed by atoms with E-state index in [2.05, 4.69) is 20.3 Å². The van der Waals surface area contributed by atoms with E-state index in [4.69, 9.17) is 4.74 Å². The number of hydrogen-bond acceptors (Lipinski definition) is 4. The van der Waals surface area contributed by atoms with E-state index in [1.54, 1.807) is 36.5 Å². The van der Waals surface area contributed by atoms with Crippen LogP contribution in [-0.4, -0.2) is 32.4 Å². The highest BCUT2D eigenvalue weighted by Gasteiger charge is 2.34. The fourth-order valence-corrected chi connectivity index (χ4v) is 3.79. The molecule has 0 saturated carbocycles. The molecule has 0 fully saturated rings. The second kappa shape index (κ2) is 7.91. The van der Waals surface area contributed by atoms with E-state index < -0.39 is 17.6 Å². The van der Waals surface area contributed by atoms with Gasteiger partial charge in [0.25, 0.3) is 5.91 Å². The van der Waals surface area contributed by atoms with Gasteiger partial charge in [0.15, 0.2) is 0 Å². The first-order valence-electron chi connectivity index (χ1n) is 10.2. The van der Waals surface area contributed by atoms with Crippen LogP contribution in [0.2, 0.25) is 0 Å². The van der Waals surface area contributed by atoms with E-state index in [1.165, 1.54) is 13.2 Å². The van der Waals surface area contributed by atoms with Gasteiger partial charge in [-0.3, -0.25) is 10.1 Å². The predicted molar refractivity (Wildman–Crippen MR) is 121 cm³/mol. The van der Waals surface area contributed by atoms with Gasteiger partial charge in [0.2, 0.25) is 5.95 Å². The number of hydrogen-bond donors (Lipinski definition) is 2. The molecule has 172 valence electrons. The van der Waals surface area contributed by atoms with Crippen LogP contribution in [0.3, 0.4) is 0 Å². The summed E-state index contributed by atoms with van der Waals surface area (Å²) in [5, 5.41) is 2.68. The van der Waals surface area contributed by atoms with Gasteiger partial charge in [0.05, 0.1) is 23.7 Å². The summed E-state index contributed by atoms with van der Waals surface area (Å²) in [6.45, 7) is 1.91. The minimum atomic E-state index is -4.55. The number of methoxy groups -OCH3 is 1. The van der Waals surface area contributed by atoms with E-state index in [1.807, 2.05) is 23.5 Å². The maximum atomic E-state index is 13.4. The molecule has 0 aliphatic carbocycles. The van der Waals surface area contributed by atoms with Gasteiger partial charge in [-0.1, -0.05) is 18.2 Å². The average Bonchev–Trinajstić information content (AvgIpc) is 3.42. The smallest absolute Gasteiger partial charge is 0.419 e. The predicted octanol–water partition coefficient (Wildman–Crippen LogP) is 5.47. The summed E-state index contributed by atoms with van der Waals surface area (Å²) < 4.78 is 46.8. The molecule has 10 heteroatoms. The molecule has 2 aromatic carbocycles. The molecule has 0 saturated heterocycles. The number of aromatic amines is 1. The molecule has 2 N–H and O–H groups in total. The maximum absolute atomic E-state index is 13.4. The first kappa shape index (κ1) is 21.5. The summed E-state index contributed by atoms with van der Waals surface area (Å²) in [5.74, 6) is -0.477. The van der Waals surface area contributed by atoms with Crippen molar-refractivity contribution < 1.29 is 22.7 Å². The number of H-pyrrole nitrogens is 1. The van der Waals surface area contributed by atoms with Crippen LogP contribution in [0.15, 0.2) is 60.8 Å². The van der Waals surface area contributed by atoms with Crippen molar-refractivity contribution in [1.29, 1.82) is 0 Å². The lowest BCUT2D eigenvalue weighted by molar-refractivity contribution is -0.138. The van der Waals surface area contributed by atoms with Crippen molar-refractivity contribution in [2.75, 3.05) is 12.4 Å². The van der Waals surface area contributed by atoms with Gasteiger partial charge in [0, 0.05) is 11.9 Å². The van der Waals surface area contributed by atoms with Crippen molar-refractivity contribution in [3.63, 3.8) is 0 Å². The second-order valence-electron chi connectivity index (χ2n) is 7.71.